The highest BCUT2D eigenvalue weighted by Gasteiger charge is 2.20. The van der Waals surface area contributed by atoms with Gasteiger partial charge in [0.05, 0.1) is 24.7 Å². The number of aryl methyl sites for hydroxylation is 1. The third-order valence-corrected chi connectivity index (χ3v) is 6.13. The summed E-state index contributed by atoms with van der Waals surface area (Å²) in [5.74, 6) is -2.20. The number of hydrogen-bond donors (Lipinski definition) is 1. The monoisotopic (exact) mass is 480 g/mol. The molecule has 0 saturated carbocycles. The zero-order valence-corrected chi connectivity index (χ0v) is 19.6. The van der Waals surface area contributed by atoms with Gasteiger partial charge in [-0.05, 0) is 43.9 Å². The molecular weight excluding hydrogens is 454 g/mol. The molecule has 0 spiro atoms. The maximum absolute atomic E-state index is 14.6. The number of ether oxygens (including phenoxy) is 3. The minimum absolute atomic E-state index is 0.0994. The van der Waals surface area contributed by atoms with Crippen molar-refractivity contribution < 1.29 is 23.0 Å². The summed E-state index contributed by atoms with van der Waals surface area (Å²) in [5.41, 5.74) is 4.08. The summed E-state index contributed by atoms with van der Waals surface area (Å²) in [6, 6.07) is 12.3. The first-order chi connectivity index (χ1) is 17.0. The molecule has 1 saturated heterocycles. The molecule has 0 atom stereocenters. The zero-order valence-electron chi connectivity index (χ0n) is 19.6. The number of fused-ring (bicyclic) bond motifs is 1. The summed E-state index contributed by atoms with van der Waals surface area (Å²) in [7, 11) is 1.27. The summed E-state index contributed by atoms with van der Waals surface area (Å²) in [5, 5.41) is 8.01. The largest absolute Gasteiger partial charge is 0.494 e. The first-order valence-electron chi connectivity index (χ1n) is 11.5. The Bertz CT molecular complexity index is 1350. The van der Waals surface area contributed by atoms with Crippen LogP contribution in [-0.4, -0.2) is 41.5 Å². The second-order valence-corrected chi connectivity index (χ2v) is 8.58. The van der Waals surface area contributed by atoms with Crippen LogP contribution in [0.4, 0.5) is 14.5 Å². The van der Waals surface area contributed by atoms with E-state index in [-0.39, 0.29) is 17.4 Å². The fourth-order valence-electron chi connectivity index (χ4n) is 4.20. The Morgan fingerprint density at radius 2 is 1.86 bits per heavy atom. The first-order valence-corrected chi connectivity index (χ1v) is 11.5. The van der Waals surface area contributed by atoms with Crippen LogP contribution in [0.2, 0.25) is 0 Å². The maximum atomic E-state index is 14.6. The van der Waals surface area contributed by atoms with Gasteiger partial charge in [-0.2, -0.15) is 8.78 Å². The fourth-order valence-corrected chi connectivity index (χ4v) is 4.20. The van der Waals surface area contributed by atoms with E-state index in [0.29, 0.717) is 17.3 Å². The zero-order chi connectivity index (χ0) is 24.4. The topological polar surface area (TPSA) is 69.9 Å². The van der Waals surface area contributed by atoms with Gasteiger partial charge in [-0.15, -0.1) is 5.10 Å². The van der Waals surface area contributed by atoms with Crippen LogP contribution in [-0.2, 0) is 4.74 Å². The average Bonchev–Trinajstić information content (AvgIpc) is 3.30. The number of benzene rings is 2. The van der Waals surface area contributed by atoms with Gasteiger partial charge in [0.15, 0.2) is 17.1 Å². The van der Waals surface area contributed by atoms with Crippen molar-refractivity contribution in [1.29, 1.82) is 0 Å². The Hall–Kier alpha value is -3.72. The highest BCUT2D eigenvalue weighted by atomic mass is 19.2. The number of aromatic nitrogens is 3. The van der Waals surface area contributed by atoms with Gasteiger partial charge in [0, 0.05) is 31.4 Å². The van der Waals surface area contributed by atoms with E-state index in [0.717, 1.165) is 49.4 Å². The normalized spacial score (nSPS) is 14.3. The third-order valence-electron chi connectivity index (χ3n) is 6.13. The van der Waals surface area contributed by atoms with Crippen molar-refractivity contribution in [2.45, 2.75) is 19.8 Å². The Kier molecular flexibility index (Phi) is 6.50. The van der Waals surface area contributed by atoms with E-state index in [1.165, 1.54) is 19.2 Å². The second kappa shape index (κ2) is 9.87. The molecule has 0 aliphatic carbocycles. The van der Waals surface area contributed by atoms with E-state index >= 15 is 0 Å². The summed E-state index contributed by atoms with van der Waals surface area (Å²) in [6.45, 7) is 4.22. The van der Waals surface area contributed by atoms with Gasteiger partial charge < -0.3 is 19.5 Å². The quantitative estimate of drug-likeness (QED) is 0.370. The van der Waals surface area contributed by atoms with Crippen molar-refractivity contribution in [3.05, 3.63) is 65.9 Å². The molecule has 1 N–H and O–H groups in total. The number of nitrogens with one attached hydrogen (secondary N) is 1. The van der Waals surface area contributed by atoms with Crippen LogP contribution in [0.5, 0.6) is 17.4 Å². The van der Waals surface area contributed by atoms with Gasteiger partial charge in [0.2, 0.25) is 17.5 Å². The van der Waals surface area contributed by atoms with E-state index in [1.54, 1.807) is 16.8 Å². The molecule has 0 bridgehead atoms. The minimum Gasteiger partial charge on any atom is -0.494 e. The van der Waals surface area contributed by atoms with E-state index in [2.05, 4.69) is 15.4 Å². The van der Waals surface area contributed by atoms with Gasteiger partial charge in [-0.3, -0.25) is 0 Å². The lowest BCUT2D eigenvalue weighted by Crippen LogP contribution is -2.23. The molecule has 182 valence electrons. The van der Waals surface area contributed by atoms with Gasteiger partial charge in [-0.1, -0.05) is 23.8 Å². The van der Waals surface area contributed by atoms with Crippen LogP contribution >= 0.6 is 0 Å². The number of anilines is 1. The lowest BCUT2D eigenvalue weighted by atomic mass is 10.0. The molecular formula is C26H26F2N4O3. The number of halogens is 2. The summed E-state index contributed by atoms with van der Waals surface area (Å²) >= 11 is 0. The minimum atomic E-state index is -1.15. The maximum Gasteiger partial charge on any atom is 0.239 e. The summed E-state index contributed by atoms with van der Waals surface area (Å²) in [4.78, 5) is 4.60. The number of nitrogens with zero attached hydrogens (tertiary/aromatic N) is 3. The van der Waals surface area contributed by atoms with Crippen LogP contribution in [0.15, 0.2) is 48.7 Å². The Morgan fingerprint density at radius 1 is 1.09 bits per heavy atom. The smallest absolute Gasteiger partial charge is 0.239 e. The molecule has 0 unspecified atom stereocenters. The molecule has 1 aliphatic heterocycles. The molecule has 0 amide bonds. The van der Waals surface area contributed by atoms with Crippen molar-refractivity contribution in [3.8, 4) is 28.6 Å². The van der Waals surface area contributed by atoms with E-state index in [1.807, 2.05) is 31.2 Å². The van der Waals surface area contributed by atoms with E-state index < -0.39 is 11.6 Å². The predicted octanol–water partition coefficient (Wildman–Crippen LogP) is 5.62. The molecule has 3 heterocycles. The first kappa shape index (κ1) is 23.0. The van der Waals surface area contributed by atoms with Gasteiger partial charge in [-0.25, -0.2) is 9.50 Å². The predicted molar refractivity (Wildman–Crippen MR) is 128 cm³/mol. The lowest BCUT2D eigenvalue weighted by Gasteiger charge is -2.22. The average molecular weight is 481 g/mol. The third kappa shape index (κ3) is 4.77. The Morgan fingerprint density at radius 3 is 2.63 bits per heavy atom. The lowest BCUT2D eigenvalue weighted by molar-refractivity contribution is 0.0699. The van der Waals surface area contributed by atoms with Crippen molar-refractivity contribution in [1.82, 2.24) is 14.6 Å². The fraction of sp³-hybridized carbons (Fsp3) is 0.308. The van der Waals surface area contributed by atoms with Crippen LogP contribution < -0.4 is 14.8 Å². The van der Waals surface area contributed by atoms with Crippen LogP contribution in [0.25, 0.3) is 16.9 Å². The van der Waals surface area contributed by atoms with E-state index in [4.69, 9.17) is 14.2 Å². The molecule has 9 heteroatoms. The van der Waals surface area contributed by atoms with Crippen molar-refractivity contribution >= 4 is 11.3 Å². The Labute approximate surface area is 201 Å². The van der Waals surface area contributed by atoms with Crippen LogP contribution in [0, 0.1) is 24.5 Å². The molecule has 1 aliphatic rings. The summed E-state index contributed by atoms with van der Waals surface area (Å²) in [6.07, 6.45) is 3.68. The van der Waals surface area contributed by atoms with Crippen molar-refractivity contribution in [3.63, 3.8) is 0 Å². The molecule has 0 radical (unpaired) electrons. The number of methoxy groups -OCH3 is 1. The highest BCUT2D eigenvalue weighted by Crippen LogP contribution is 2.33. The Balaban J connectivity index is 1.55. The van der Waals surface area contributed by atoms with Crippen molar-refractivity contribution in [2.24, 2.45) is 5.92 Å². The summed E-state index contributed by atoms with van der Waals surface area (Å²) < 4.78 is 46.6. The molecule has 35 heavy (non-hydrogen) atoms. The van der Waals surface area contributed by atoms with Gasteiger partial charge >= 0.3 is 0 Å². The molecule has 2 aromatic heterocycles. The second-order valence-electron chi connectivity index (χ2n) is 8.58. The van der Waals surface area contributed by atoms with Gasteiger partial charge in [0.1, 0.15) is 0 Å². The molecule has 1 fully saturated rings. The molecule has 7 nitrogen and oxygen atoms in total. The number of imidazole rings is 1. The number of hydrogen-bond acceptors (Lipinski definition) is 6. The van der Waals surface area contributed by atoms with E-state index in [9.17, 15) is 8.78 Å². The van der Waals surface area contributed by atoms with Crippen molar-refractivity contribution in [2.75, 3.05) is 32.2 Å². The van der Waals surface area contributed by atoms with Crippen LogP contribution in [0.3, 0.4) is 0 Å². The molecule has 4 aromatic rings. The van der Waals surface area contributed by atoms with Gasteiger partial charge in [0.25, 0.3) is 0 Å². The number of rotatable bonds is 7. The van der Waals surface area contributed by atoms with Crippen LogP contribution in [0.1, 0.15) is 18.4 Å². The standard InChI is InChI=1S/C26H26F2N4O3/c1-16-4-3-5-18(12-16)20-15-30-26-19(29-14-17-8-10-34-11-9-17)13-23(31-32(20)26)35-22-7-6-21(33-2)24(27)25(22)28/h3-7,12-13,15,17,29H,8-11,14H2,1-2H3. The molecule has 2 aromatic carbocycles. The molecule has 5 rings (SSSR count). The SMILES string of the molecule is COc1ccc(Oc2cc(NCC3CCOCC3)c3ncc(-c4cccc(C)c4)n3n2)c(F)c1F. The highest BCUT2D eigenvalue weighted by molar-refractivity contribution is 5.73.